The highest BCUT2D eigenvalue weighted by Gasteiger charge is 2.07. The molecule has 0 radical (unpaired) electrons. The highest BCUT2D eigenvalue weighted by molar-refractivity contribution is 14.0. The average molecular weight is 475 g/mol. The number of anilines is 1. The minimum Gasteiger partial charge on any atom is -0.505 e. The third kappa shape index (κ3) is 5.94. The predicted molar refractivity (Wildman–Crippen MR) is 111 cm³/mol. The molecule has 0 fully saturated rings. The Labute approximate surface area is 169 Å². The maximum atomic E-state index is 13.4. The van der Waals surface area contributed by atoms with E-state index in [1.54, 1.807) is 26.3 Å². The van der Waals surface area contributed by atoms with E-state index in [1.165, 1.54) is 12.1 Å². The number of ether oxygens (including phenoxy) is 2. The Morgan fingerprint density at radius 1 is 1.19 bits per heavy atom. The SMILES string of the molecule is CCOc1ccc(NC(=NC)NCc2ccc(O)c(F)c2)cc1OC.I. The van der Waals surface area contributed by atoms with Crippen LogP contribution in [-0.4, -0.2) is 31.8 Å². The molecule has 0 spiro atoms. The second kappa shape index (κ2) is 10.7. The molecule has 3 N–H and O–H groups in total. The van der Waals surface area contributed by atoms with E-state index in [2.05, 4.69) is 15.6 Å². The van der Waals surface area contributed by atoms with Gasteiger partial charge in [0.05, 0.1) is 13.7 Å². The third-order valence-corrected chi connectivity index (χ3v) is 3.42. The summed E-state index contributed by atoms with van der Waals surface area (Å²) in [4.78, 5) is 4.13. The van der Waals surface area contributed by atoms with Crippen LogP contribution in [0.3, 0.4) is 0 Å². The Bertz CT molecular complexity index is 756. The largest absolute Gasteiger partial charge is 0.505 e. The number of aliphatic imine (C=N–C) groups is 1. The summed E-state index contributed by atoms with van der Waals surface area (Å²) in [6.07, 6.45) is 0. The first-order chi connectivity index (χ1) is 12.1. The van der Waals surface area contributed by atoms with Crippen molar-refractivity contribution in [3.05, 3.63) is 47.8 Å². The summed E-state index contributed by atoms with van der Waals surface area (Å²) in [6, 6.07) is 9.69. The fraction of sp³-hybridized carbons (Fsp3) is 0.278. The van der Waals surface area contributed by atoms with Gasteiger partial charge in [0.15, 0.2) is 29.0 Å². The lowest BCUT2D eigenvalue weighted by atomic mass is 10.2. The van der Waals surface area contributed by atoms with Gasteiger partial charge in [0.2, 0.25) is 0 Å². The van der Waals surface area contributed by atoms with Gasteiger partial charge in [-0.15, -0.1) is 24.0 Å². The zero-order valence-corrected chi connectivity index (χ0v) is 17.2. The van der Waals surface area contributed by atoms with Crippen molar-refractivity contribution in [2.24, 2.45) is 4.99 Å². The normalized spacial score (nSPS) is 10.7. The third-order valence-electron chi connectivity index (χ3n) is 3.42. The molecule has 0 heterocycles. The fourth-order valence-electron chi connectivity index (χ4n) is 2.18. The lowest BCUT2D eigenvalue weighted by Gasteiger charge is -2.14. The molecule has 0 saturated heterocycles. The number of methoxy groups -OCH3 is 1. The molecule has 2 aromatic rings. The molecule has 2 aromatic carbocycles. The lowest BCUT2D eigenvalue weighted by molar-refractivity contribution is 0.311. The Balaban J connectivity index is 0.00000338. The first-order valence-corrected chi connectivity index (χ1v) is 7.83. The molecule has 0 unspecified atom stereocenters. The zero-order valence-electron chi connectivity index (χ0n) is 14.9. The first kappa shape index (κ1) is 21.8. The van der Waals surface area contributed by atoms with Crippen LogP contribution < -0.4 is 20.1 Å². The summed E-state index contributed by atoms with van der Waals surface area (Å²) in [5.41, 5.74) is 1.45. The number of hydrogen-bond donors (Lipinski definition) is 3. The van der Waals surface area contributed by atoms with Crippen LogP contribution >= 0.6 is 24.0 Å². The Morgan fingerprint density at radius 3 is 2.58 bits per heavy atom. The predicted octanol–water partition coefficient (Wildman–Crippen LogP) is 3.74. The van der Waals surface area contributed by atoms with Crippen LogP contribution in [0, 0.1) is 5.82 Å². The maximum absolute atomic E-state index is 13.4. The van der Waals surface area contributed by atoms with Gasteiger partial charge in [-0.3, -0.25) is 4.99 Å². The van der Waals surface area contributed by atoms with Crippen LogP contribution in [0.15, 0.2) is 41.4 Å². The molecule has 0 aliphatic rings. The van der Waals surface area contributed by atoms with Gasteiger partial charge in [-0.1, -0.05) is 6.07 Å². The maximum Gasteiger partial charge on any atom is 0.195 e. The molecule has 0 bridgehead atoms. The Kier molecular flexibility index (Phi) is 8.97. The van der Waals surface area contributed by atoms with Crippen LogP contribution in [0.25, 0.3) is 0 Å². The van der Waals surface area contributed by atoms with Crippen molar-refractivity contribution in [3.63, 3.8) is 0 Å². The van der Waals surface area contributed by atoms with Crippen molar-refractivity contribution in [1.29, 1.82) is 0 Å². The van der Waals surface area contributed by atoms with E-state index >= 15 is 0 Å². The number of benzene rings is 2. The van der Waals surface area contributed by atoms with Gasteiger partial charge in [-0.25, -0.2) is 4.39 Å². The lowest BCUT2D eigenvalue weighted by Crippen LogP contribution is -2.30. The zero-order chi connectivity index (χ0) is 18.2. The van der Waals surface area contributed by atoms with E-state index in [-0.39, 0.29) is 29.7 Å². The smallest absolute Gasteiger partial charge is 0.195 e. The number of nitrogens with one attached hydrogen (secondary N) is 2. The van der Waals surface area contributed by atoms with Gasteiger partial charge in [-0.2, -0.15) is 0 Å². The van der Waals surface area contributed by atoms with Gasteiger partial charge >= 0.3 is 0 Å². The van der Waals surface area contributed by atoms with Crippen LogP contribution in [0.2, 0.25) is 0 Å². The highest BCUT2D eigenvalue weighted by atomic mass is 127. The number of nitrogens with zero attached hydrogens (tertiary/aromatic N) is 1. The number of phenolic OH excluding ortho intramolecular Hbond substituents is 1. The quantitative estimate of drug-likeness (QED) is 0.337. The topological polar surface area (TPSA) is 75.1 Å². The van der Waals surface area contributed by atoms with Gasteiger partial charge in [-0.05, 0) is 36.8 Å². The highest BCUT2D eigenvalue weighted by Crippen LogP contribution is 2.30. The summed E-state index contributed by atoms with van der Waals surface area (Å²) in [7, 11) is 3.21. The Hall–Kier alpha value is -2.23. The van der Waals surface area contributed by atoms with Crippen molar-refractivity contribution in [3.8, 4) is 17.2 Å². The molecule has 2 rings (SSSR count). The van der Waals surface area contributed by atoms with E-state index in [0.717, 1.165) is 5.69 Å². The molecule has 0 atom stereocenters. The number of phenols is 1. The molecule has 0 saturated carbocycles. The van der Waals surface area contributed by atoms with Crippen LogP contribution in [0.1, 0.15) is 12.5 Å². The molecule has 26 heavy (non-hydrogen) atoms. The number of hydrogen-bond acceptors (Lipinski definition) is 4. The van der Waals surface area contributed by atoms with E-state index in [1.807, 2.05) is 19.1 Å². The molecular weight excluding hydrogens is 452 g/mol. The molecule has 0 aromatic heterocycles. The molecule has 142 valence electrons. The number of halogens is 2. The molecule has 0 aliphatic heterocycles. The number of guanidine groups is 1. The van der Waals surface area contributed by atoms with Crippen LogP contribution in [-0.2, 0) is 6.54 Å². The van der Waals surface area contributed by atoms with Gasteiger partial charge in [0, 0.05) is 25.3 Å². The van der Waals surface area contributed by atoms with Crippen LogP contribution in [0.5, 0.6) is 17.2 Å². The summed E-state index contributed by atoms with van der Waals surface area (Å²) in [5.74, 6) is 0.770. The van der Waals surface area contributed by atoms with Gasteiger partial charge in [0.1, 0.15) is 0 Å². The monoisotopic (exact) mass is 475 g/mol. The van der Waals surface area contributed by atoms with Gasteiger partial charge < -0.3 is 25.2 Å². The van der Waals surface area contributed by atoms with E-state index in [0.29, 0.717) is 36.2 Å². The van der Waals surface area contributed by atoms with Crippen molar-refractivity contribution in [2.75, 3.05) is 26.1 Å². The van der Waals surface area contributed by atoms with E-state index < -0.39 is 5.82 Å². The minimum atomic E-state index is -0.654. The molecule has 8 heteroatoms. The first-order valence-electron chi connectivity index (χ1n) is 7.83. The summed E-state index contributed by atoms with van der Waals surface area (Å²) in [5, 5.41) is 15.4. The summed E-state index contributed by atoms with van der Waals surface area (Å²) in [6.45, 7) is 2.81. The van der Waals surface area contributed by atoms with E-state index in [4.69, 9.17) is 9.47 Å². The average Bonchev–Trinajstić information content (AvgIpc) is 2.62. The second-order valence-corrected chi connectivity index (χ2v) is 5.14. The summed E-state index contributed by atoms with van der Waals surface area (Å²) >= 11 is 0. The standard InChI is InChI=1S/C18H22FN3O3.HI/c1-4-25-16-8-6-13(10-17(16)24-3)22-18(20-2)21-11-12-5-7-15(23)14(19)9-12;/h5-10,23H,4,11H2,1-3H3,(H2,20,21,22);1H. The fourth-order valence-corrected chi connectivity index (χ4v) is 2.18. The number of aromatic hydroxyl groups is 1. The molecule has 0 amide bonds. The molecule has 6 nitrogen and oxygen atoms in total. The molecule has 0 aliphatic carbocycles. The van der Waals surface area contributed by atoms with E-state index in [9.17, 15) is 9.50 Å². The van der Waals surface area contributed by atoms with Crippen molar-refractivity contribution in [1.82, 2.24) is 5.32 Å². The molecular formula is C18H23FIN3O3. The number of rotatable bonds is 6. The second-order valence-electron chi connectivity index (χ2n) is 5.14. The van der Waals surface area contributed by atoms with Gasteiger partial charge in [0.25, 0.3) is 0 Å². The van der Waals surface area contributed by atoms with Crippen molar-refractivity contribution in [2.45, 2.75) is 13.5 Å². The van der Waals surface area contributed by atoms with Crippen LogP contribution in [0.4, 0.5) is 10.1 Å². The summed E-state index contributed by atoms with van der Waals surface area (Å²) < 4.78 is 24.2. The van der Waals surface area contributed by atoms with Crippen molar-refractivity contribution < 1.29 is 19.0 Å². The van der Waals surface area contributed by atoms with Crippen molar-refractivity contribution >= 4 is 35.6 Å². The Morgan fingerprint density at radius 2 is 1.96 bits per heavy atom. The minimum absolute atomic E-state index is 0.